The van der Waals surface area contributed by atoms with Gasteiger partial charge in [0, 0.05) is 30.0 Å². The molecule has 12 nitrogen and oxygen atoms in total. The quantitative estimate of drug-likeness (QED) is 0.195. The summed E-state index contributed by atoms with van der Waals surface area (Å²) in [4.78, 5) is 44.6. The molecule has 12 heteroatoms. The lowest BCUT2D eigenvalue weighted by Gasteiger charge is -2.26. The number of nitro groups is 1. The Hall–Kier alpha value is -3.57. The number of hydrogen-bond acceptors (Lipinski definition) is 8. The van der Waals surface area contributed by atoms with Crippen LogP contribution < -0.4 is 16.0 Å². The number of carbonyl (C=O) groups excluding carboxylic acids is 3. The van der Waals surface area contributed by atoms with Crippen LogP contribution in [0, 0.1) is 20.9 Å². The molecule has 0 bridgehead atoms. The van der Waals surface area contributed by atoms with Crippen LogP contribution >= 0.6 is 0 Å². The van der Waals surface area contributed by atoms with E-state index in [9.17, 15) is 24.5 Å². The van der Waals surface area contributed by atoms with E-state index in [1.165, 1.54) is 0 Å². The molecule has 3 amide bonds. The fraction of sp³-hybridized carbons (Fsp3) is 0.679. The van der Waals surface area contributed by atoms with E-state index in [2.05, 4.69) is 16.0 Å². The largest absolute Gasteiger partial charge is 0.445 e. The fourth-order valence-electron chi connectivity index (χ4n) is 2.80. The van der Waals surface area contributed by atoms with Crippen molar-refractivity contribution in [2.75, 3.05) is 26.2 Å². The van der Waals surface area contributed by atoms with Crippen molar-refractivity contribution in [1.29, 1.82) is 0 Å². The van der Waals surface area contributed by atoms with Gasteiger partial charge in [-0.25, -0.2) is 14.4 Å². The van der Waals surface area contributed by atoms with Gasteiger partial charge in [-0.15, -0.1) is 0 Å². The summed E-state index contributed by atoms with van der Waals surface area (Å²) in [5.41, 5.74) is -1.08. The highest BCUT2D eigenvalue weighted by Crippen LogP contribution is 2.15. The highest BCUT2D eigenvalue weighted by atomic mass is 16.6. The Kier molecular flexibility index (Phi) is 14.5. The Morgan fingerprint density at radius 3 is 1.50 bits per heavy atom. The molecule has 0 spiro atoms. The summed E-state index contributed by atoms with van der Waals surface area (Å²) in [5, 5.41) is 18.3. The SMILES string of the molecule is CC(C)(CNC(=O)OC(C)(C)C)C[N+](=O)[O-].CC(C)(CNC(=O)OCc1ccccc1)CNC(=O)OC(C)(C)C. The second-order valence-corrected chi connectivity index (χ2v) is 12.9. The highest BCUT2D eigenvalue weighted by molar-refractivity contribution is 5.68. The molecule has 0 unspecified atom stereocenters. The fourth-order valence-corrected chi connectivity index (χ4v) is 2.80. The first-order chi connectivity index (χ1) is 18.1. The predicted octanol–water partition coefficient (Wildman–Crippen LogP) is 5.28. The lowest BCUT2D eigenvalue weighted by Crippen LogP contribution is -2.43. The molecule has 0 aliphatic heterocycles. The van der Waals surface area contributed by atoms with Crippen molar-refractivity contribution in [2.45, 2.75) is 87.0 Å². The molecule has 0 atom stereocenters. The summed E-state index contributed by atoms with van der Waals surface area (Å²) in [6.45, 7) is 19.0. The standard InChI is InChI=1S/C18H28N2O4.C10H20N2O4/c1-17(2,3)24-16(22)20-13-18(4,5)12-19-15(21)23-11-14-9-7-6-8-10-14;1-9(2,3)16-8(13)11-6-10(4,5)7-12(14)15/h6-10H,11-13H2,1-5H3,(H,19,21)(H,20,22);6-7H2,1-5H3,(H,11,13). The maximum atomic E-state index is 11.7. The third kappa shape index (κ3) is 21.4. The van der Waals surface area contributed by atoms with E-state index in [1.54, 1.807) is 34.6 Å². The van der Waals surface area contributed by atoms with E-state index in [1.807, 2.05) is 65.0 Å². The molecule has 1 rings (SSSR count). The lowest BCUT2D eigenvalue weighted by atomic mass is 9.93. The minimum Gasteiger partial charge on any atom is -0.445 e. The van der Waals surface area contributed by atoms with Gasteiger partial charge in [-0.3, -0.25) is 10.1 Å². The van der Waals surface area contributed by atoms with Crippen molar-refractivity contribution >= 4 is 18.3 Å². The summed E-state index contributed by atoms with van der Waals surface area (Å²) in [6, 6.07) is 9.47. The molecule has 3 N–H and O–H groups in total. The second kappa shape index (κ2) is 15.9. The Morgan fingerprint density at radius 1 is 0.700 bits per heavy atom. The number of ether oxygens (including phenoxy) is 3. The number of alkyl carbamates (subject to hydrolysis) is 3. The van der Waals surface area contributed by atoms with Crippen LogP contribution in [-0.4, -0.2) is 60.6 Å². The van der Waals surface area contributed by atoms with Crippen LogP contribution in [0.2, 0.25) is 0 Å². The Morgan fingerprint density at radius 2 is 1.10 bits per heavy atom. The summed E-state index contributed by atoms with van der Waals surface area (Å²) in [6.07, 6.45) is -1.50. The van der Waals surface area contributed by atoms with E-state index in [0.29, 0.717) is 13.1 Å². The first-order valence-corrected chi connectivity index (χ1v) is 13.1. The molecule has 0 aliphatic carbocycles. The number of hydrogen-bond donors (Lipinski definition) is 3. The Labute approximate surface area is 238 Å². The summed E-state index contributed by atoms with van der Waals surface area (Å²) < 4.78 is 15.4. The zero-order valence-electron chi connectivity index (χ0n) is 25.6. The molecule has 0 heterocycles. The Bertz CT molecular complexity index is 951. The molecule has 0 radical (unpaired) electrons. The smallest absolute Gasteiger partial charge is 0.407 e. The third-order valence-electron chi connectivity index (χ3n) is 4.70. The maximum absolute atomic E-state index is 11.7. The molecule has 0 aliphatic rings. The summed E-state index contributed by atoms with van der Waals surface area (Å²) in [5.74, 6) is 0. The molecule has 1 aromatic rings. The van der Waals surface area contributed by atoms with Gasteiger partial charge in [-0.05, 0) is 52.5 Å². The van der Waals surface area contributed by atoms with Crippen molar-refractivity contribution in [1.82, 2.24) is 16.0 Å². The zero-order valence-corrected chi connectivity index (χ0v) is 25.6. The number of carbonyl (C=O) groups is 3. The van der Waals surface area contributed by atoms with Gasteiger partial charge in [0.15, 0.2) is 0 Å². The lowest BCUT2D eigenvalue weighted by molar-refractivity contribution is -0.495. The monoisotopic (exact) mass is 568 g/mol. The minimum atomic E-state index is -0.583. The van der Waals surface area contributed by atoms with Gasteiger partial charge >= 0.3 is 18.3 Å². The first-order valence-electron chi connectivity index (χ1n) is 13.1. The van der Waals surface area contributed by atoms with E-state index in [-0.39, 0.29) is 25.1 Å². The highest BCUT2D eigenvalue weighted by Gasteiger charge is 2.26. The number of nitrogens with zero attached hydrogens (tertiary/aromatic N) is 1. The third-order valence-corrected chi connectivity index (χ3v) is 4.70. The first kappa shape index (κ1) is 36.4. The van der Waals surface area contributed by atoms with Crippen molar-refractivity contribution in [2.24, 2.45) is 10.8 Å². The van der Waals surface area contributed by atoms with Gasteiger partial charge in [-0.1, -0.05) is 58.0 Å². The van der Waals surface area contributed by atoms with Gasteiger partial charge in [0.2, 0.25) is 6.54 Å². The number of nitrogens with one attached hydrogen (secondary N) is 3. The number of benzene rings is 1. The van der Waals surface area contributed by atoms with Gasteiger partial charge in [0.05, 0.1) is 0 Å². The second-order valence-electron chi connectivity index (χ2n) is 12.9. The van der Waals surface area contributed by atoms with Crippen LogP contribution in [0.4, 0.5) is 14.4 Å². The van der Waals surface area contributed by atoms with Crippen LogP contribution in [0.5, 0.6) is 0 Å². The molecule has 40 heavy (non-hydrogen) atoms. The van der Waals surface area contributed by atoms with E-state index in [0.717, 1.165) is 5.56 Å². The molecule has 0 saturated carbocycles. The normalized spacial score (nSPS) is 11.8. The van der Waals surface area contributed by atoms with Crippen LogP contribution in [0.3, 0.4) is 0 Å². The average Bonchev–Trinajstić information content (AvgIpc) is 2.77. The van der Waals surface area contributed by atoms with Gasteiger partial charge in [0.25, 0.3) is 0 Å². The van der Waals surface area contributed by atoms with Crippen molar-refractivity contribution < 1.29 is 33.5 Å². The average molecular weight is 569 g/mol. The molecule has 228 valence electrons. The van der Waals surface area contributed by atoms with Gasteiger partial charge < -0.3 is 30.2 Å². The van der Waals surface area contributed by atoms with Crippen molar-refractivity contribution in [3.05, 3.63) is 46.0 Å². The molecule has 0 fully saturated rings. The predicted molar refractivity (Wildman–Crippen MR) is 153 cm³/mol. The molecular weight excluding hydrogens is 520 g/mol. The van der Waals surface area contributed by atoms with Crippen molar-refractivity contribution in [3.63, 3.8) is 0 Å². The van der Waals surface area contributed by atoms with Gasteiger partial charge in [0.1, 0.15) is 17.8 Å². The molecular formula is C28H48N4O8. The van der Waals surface area contributed by atoms with Crippen LogP contribution in [0.1, 0.15) is 74.8 Å². The van der Waals surface area contributed by atoms with Crippen LogP contribution in [-0.2, 0) is 20.8 Å². The van der Waals surface area contributed by atoms with E-state index >= 15 is 0 Å². The summed E-state index contributed by atoms with van der Waals surface area (Å²) >= 11 is 0. The van der Waals surface area contributed by atoms with Crippen molar-refractivity contribution in [3.8, 4) is 0 Å². The molecule has 0 aromatic heterocycles. The zero-order chi connectivity index (χ0) is 31.2. The maximum Gasteiger partial charge on any atom is 0.407 e. The van der Waals surface area contributed by atoms with Crippen LogP contribution in [0.15, 0.2) is 30.3 Å². The minimum absolute atomic E-state index is 0.192. The van der Waals surface area contributed by atoms with Crippen LogP contribution in [0.25, 0.3) is 0 Å². The summed E-state index contributed by atoms with van der Waals surface area (Å²) in [7, 11) is 0. The van der Waals surface area contributed by atoms with E-state index in [4.69, 9.17) is 14.2 Å². The molecule has 1 aromatic carbocycles. The number of rotatable bonds is 10. The Balaban J connectivity index is 0.000000829. The molecule has 0 saturated heterocycles. The van der Waals surface area contributed by atoms with Gasteiger partial charge in [-0.2, -0.15) is 0 Å². The topological polar surface area (TPSA) is 158 Å². The number of amides is 3. The van der Waals surface area contributed by atoms with E-state index < -0.39 is 39.8 Å².